The Balaban J connectivity index is 1.79. The molecule has 23 heavy (non-hydrogen) atoms. The zero-order valence-corrected chi connectivity index (χ0v) is 12.5. The number of nitrogens with zero attached hydrogens (tertiary/aromatic N) is 3. The van der Waals surface area contributed by atoms with Crippen molar-refractivity contribution in [2.75, 3.05) is 4.90 Å². The molecule has 1 atom stereocenters. The number of hydrogen-bond acceptors (Lipinski definition) is 4. The molecule has 0 saturated heterocycles. The highest BCUT2D eigenvalue weighted by atomic mass is 16.1. The first-order valence-electron chi connectivity index (χ1n) is 7.57. The Bertz CT molecular complexity index is 893. The van der Waals surface area contributed by atoms with Crippen LogP contribution in [0.4, 0.5) is 5.82 Å². The second-order valence-electron chi connectivity index (χ2n) is 5.74. The number of primary amides is 1. The number of nitrogens with two attached hydrogens (primary N) is 1. The van der Waals surface area contributed by atoms with E-state index in [4.69, 9.17) is 5.73 Å². The predicted octanol–water partition coefficient (Wildman–Crippen LogP) is 2.05. The van der Waals surface area contributed by atoms with Crippen molar-refractivity contribution in [3.05, 3.63) is 65.9 Å². The molecule has 0 bridgehead atoms. The lowest BCUT2D eigenvalue weighted by Crippen LogP contribution is -2.49. The predicted molar refractivity (Wildman–Crippen MR) is 88.8 cm³/mol. The second-order valence-corrected chi connectivity index (χ2v) is 5.74. The highest BCUT2D eigenvalue weighted by Crippen LogP contribution is 2.27. The largest absolute Gasteiger partial charge is 0.368 e. The summed E-state index contributed by atoms with van der Waals surface area (Å²) in [5.74, 6) is 0.344. The van der Waals surface area contributed by atoms with Crippen LogP contribution in [-0.2, 0) is 17.8 Å². The Labute approximate surface area is 133 Å². The van der Waals surface area contributed by atoms with Crippen LogP contribution in [0.5, 0.6) is 0 Å². The monoisotopic (exact) mass is 304 g/mol. The standard InChI is InChI=1S/C18H16N4O/c19-18(23)16-9-12-5-1-2-6-13(12)11-22(16)17-10-20-14-7-3-4-8-15(14)21-17/h1-8,10,16H,9,11H2,(H2,19,23). The Morgan fingerprint density at radius 1 is 1.04 bits per heavy atom. The van der Waals surface area contributed by atoms with Gasteiger partial charge in [-0.2, -0.15) is 0 Å². The van der Waals surface area contributed by atoms with Gasteiger partial charge in [0.05, 0.1) is 17.2 Å². The van der Waals surface area contributed by atoms with Gasteiger partial charge in [-0.05, 0) is 23.3 Å². The zero-order chi connectivity index (χ0) is 15.8. The van der Waals surface area contributed by atoms with Crippen LogP contribution in [0.25, 0.3) is 11.0 Å². The molecule has 2 aromatic carbocycles. The maximum atomic E-state index is 11.9. The Hall–Kier alpha value is -2.95. The molecular weight excluding hydrogens is 288 g/mol. The van der Waals surface area contributed by atoms with Gasteiger partial charge in [0.25, 0.3) is 0 Å². The summed E-state index contributed by atoms with van der Waals surface area (Å²) in [6.45, 7) is 0.608. The smallest absolute Gasteiger partial charge is 0.240 e. The van der Waals surface area contributed by atoms with Crippen molar-refractivity contribution in [3.63, 3.8) is 0 Å². The average molecular weight is 304 g/mol. The minimum absolute atomic E-state index is 0.338. The molecule has 5 nitrogen and oxygen atoms in total. The summed E-state index contributed by atoms with van der Waals surface area (Å²) in [6, 6.07) is 15.4. The Morgan fingerprint density at radius 2 is 1.74 bits per heavy atom. The van der Waals surface area contributed by atoms with Gasteiger partial charge in [-0.3, -0.25) is 9.78 Å². The summed E-state index contributed by atoms with van der Waals surface area (Å²) in [5, 5.41) is 0. The van der Waals surface area contributed by atoms with E-state index in [2.05, 4.69) is 22.1 Å². The summed E-state index contributed by atoms with van der Waals surface area (Å²) in [4.78, 5) is 23.0. The number of benzene rings is 2. The quantitative estimate of drug-likeness (QED) is 0.786. The van der Waals surface area contributed by atoms with Gasteiger partial charge in [-0.1, -0.05) is 36.4 Å². The molecular formula is C18H16N4O. The molecule has 0 fully saturated rings. The summed E-state index contributed by atoms with van der Waals surface area (Å²) < 4.78 is 0. The topological polar surface area (TPSA) is 72.1 Å². The highest BCUT2D eigenvalue weighted by Gasteiger charge is 2.31. The Kier molecular flexibility index (Phi) is 3.19. The number of amides is 1. The van der Waals surface area contributed by atoms with E-state index < -0.39 is 6.04 Å². The number of hydrogen-bond donors (Lipinski definition) is 1. The van der Waals surface area contributed by atoms with E-state index in [1.165, 1.54) is 11.1 Å². The van der Waals surface area contributed by atoms with Crippen LogP contribution in [-0.4, -0.2) is 21.9 Å². The van der Waals surface area contributed by atoms with Gasteiger partial charge >= 0.3 is 0 Å². The lowest BCUT2D eigenvalue weighted by molar-refractivity contribution is -0.119. The molecule has 3 aromatic rings. The van der Waals surface area contributed by atoms with Crippen LogP contribution in [0.2, 0.25) is 0 Å². The molecule has 0 aliphatic carbocycles. The SMILES string of the molecule is NC(=O)C1Cc2ccccc2CN1c1cnc2ccccc2n1. The summed E-state index contributed by atoms with van der Waals surface area (Å²) in [7, 11) is 0. The molecule has 0 spiro atoms. The average Bonchev–Trinajstić information content (AvgIpc) is 2.60. The number of carbonyl (C=O) groups excluding carboxylic acids is 1. The third-order valence-corrected chi connectivity index (χ3v) is 4.31. The van der Waals surface area contributed by atoms with Gasteiger partial charge in [0, 0.05) is 13.0 Å². The molecule has 0 saturated carbocycles. The number of rotatable bonds is 2. The van der Waals surface area contributed by atoms with Crippen molar-refractivity contribution in [1.82, 2.24) is 9.97 Å². The van der Waals surface area contributed by atoms with E-state index >= 15 is 0 Å². The van der Waals surface area contributed by atoms with Crippen LogP contribution in [0.3, 0.4) is 0 Å². The fraction of sp³-hybridized carbons (Fsp3) is 0.167. The van der Waals surface area contributed by atoms with Crippen molar-refractivity contribution in [1.29, 1.82) is 0 Å². The number of fused-ring (bicyclic) bond motifs is 2. The number of aromatic nitrogens is 2. The highest BCUT2D eigenvalue weighted by molar-refractivity contribution is 5.85. The van der Waals surface area contributed by atoms with E-state index in [1.54, 1.807) is 6.20 Å². The van der Waals surface area contributed by atoms with Gasteiger partial charge in [-0.25, -0.2) is 4.98 Å². The number of anilines is 1. The van der Waals surface area contributed by atoms with Crippen molar-refractivity contribution in [2.24, 2.45) is 5.73 Å². The molecule has 1 aromatic heterocycles. The van der Waals surface area contributed by atoms with Crippen LogP contribution < -0.4 is 10.6 Å². The molecule has 1 aliphatic heterocycles. The first-order chi connectivity index (χ1) is 11.2. The zero-order valence-electron chi connectivity index (χ0n) is 12.5. The molecule has 2 N–H and O–H groups in total. The maximum absolute atomic E-state index is 11.9. The van der Waals surface area contributed by atoms with E-state index in [0.717, 1.165) is 11.0 Å². The van der Waals surface area contributed by atoms with Crippen LogP contribution in [0.15, 0.2) is 54.7 Å². The van der Waals surface area contributed by atoms with Gasteiger partial charge in [0.15, 0.2) is 0 Å². The lowest BCUT2D eigenvalue weighted by atomic mass is 9.93. The maximum Gasteiger partial charge on any atom is 0.240 e. The molecule has 114 valence electrons. The summed E-state index contributed by atoms with van der Waals surface area (Å²) >= 11 is 0. The third-order valence-electron chi connectivity index (χ3n) is 4.31. The van der Waals surface area contributed by atoms with Crippen LogP contribution >= 0.6 is 0 Å². The number of para-hydroxylation sites is 2. The normalized spacial score (nSPS) is 17.0. The molecule has 1 unspecified atom stereocenters. The van der Waals surface area contributed by atoms with E-state index in [9.17, 15) is 4.79 Å². The fourth-order valence-corrected chi connectivity index (χ4v) is 3.10. The third kappa shape index (κ3) is 2.40. The molecule has 1 aliphatic rings. The lowest BCUT2D eigenvalue weighted by Gasteiger charge is -2.35. The van der Waals surface area contributed by atoms with Crippen molar-refractivity contribution >= 4 is 22.8 Å². The molecule has 5 heteroatoms. The van der Waals surface area contributed by atoms with Gasteiger partial charge in [-0.15, -0.1) is 0 Å². The molecule has 0 radical (unpaired) electrons. The minimum Gasteiger partial charge on any atom is -0.368 e. The summed E-state index contributed by atoms with van der Waals surface area (Å²) in [5.41, 5.74) is 9.65. The molecule has 1 amide bonds. The molecule has 2 heterocycles. The fourth-order valence-electron chi connectivity index (χ4n) is 3.10. The Morgan fingerprint density at radius 3 is 2.52 bits per heavy atom. The first-order valence-corrected chi connectivity index (χ1v) is 7.57. The van der Waals surface area contributed by atoms with E-state index in [0.29, 0.717) is 18.8 Å². The van der Waals surface area contributed by atoms with E-state index in [-0.39, 0.29) is 5.91 Å². The summed E-state index contributed by atoms with van der Waals surface area (Å²) in [6.07, 6.45) is 2.31. The van der Waals surface area contributed by atoms with Gasteiger partial charge < -0.3 is 10.6 Å². The minimum atomic E-state index is -0.402. The van der Waals surface area contributed by atoms with Gasteiger partial charge in [0.1, 0.15) is 11.9 Å². The van der Waals surface area contributed by atoms with Crippen molar-refractivity contribution in [2.45, 2.75) is 19.0 Å². The number of carbonyl (C=O) groups is 1. The van der Waals surface area contributed by atoms with Crippen molar-refractivity contribution < 1.29 is 4.79 Å². The van der Waals surface area contributed by atoms with Crippen molar-refractivity contribution in [3.8, 4) is 0 Å². The van der Waals surface area contributed by atoms with Gasteiger partial charge in [0.2, 0.25) is 5.91 Å². The second kappa shape index (κ2) is 5.35. The molecule has 4 rings (SSSR count). The first kappa shape index (κ1) is 13.7. The van der Waals surface area contributed by atoms with Crippen LogP contribution in [0, 0.1) is 0 Å². The van der Waals surface area contributed by atoms with Crippen LogP contribution in [0.1, 0.15) is 11.1 Å². The van der Waals surface area contributed by atoms with E-state index in [1.807, 2.05) is 41.3 Å².